The molecule has 1 aliphatic heterocycles. The number of nitriles is 1. The molecule has 12 nitrogen and oxygen atoms in total. The zero-order chi connectivity index (χ0) is 39.0. The Morgan fingerprint density at radius 2 is 1.62 bits per heavy atom. The number of piperidine rings is 1. The molecule has 5 aromatic rings. The topological polar surface area (TPSA) is 139 Å². The number of carbonyl (C=O) groups excluding carboxylic acids is 3. The van der Waals surface area contributed by atoms with Crippen LogP contribution in [0.2, 0.25) is 0 Å². The summed E-state index contributed by atoms with van der Waals surface area (Å²) < 4.78 is 19.5. The van der Waals surface area contributed by atoms with Crippen molar-refractivity contribution in [3.63, 3.8) is 0 Å². The Kier molecular flexibility index (Phi) is 12.0. The van der Waals surface area contributed by atoms with Gasteiger partial charge in [0.1, 0.15) is 35.9 Å². The molecule has 12 heteroatoms. The van der Waals surface area contributed by atoms with Crippen LogP contribution >= 0.6 is 0 Å². The van der Waals surface area contributed by atoms with Gasteiger partial charge in [-0.15, -0.1) is 0 Å². The standard InChI is InChI=1S/C43H46N6O6/c1-5-45-40(50)39(32-14-10-7-11-15-32)49-37-21-16-31(27-44)26-36(37)46-38(49)28-48(42(52)53-29-30-12-8-6-9-13-30)33-17-19-34(20-18-33)54-35-22-24-47(25-23-35)41(51)55-43(2,3)4/h6-21,26,35,39H,5,22-25,28-29H2,1-4H3,(H,45,50)/t39-/m0/s1. The van der Waals surface area contributed by atoms with Gasteiger partial charge < -0.3 is 29.0 Å². The first kappa shape index (κ1) is 38.4. The molecule has 1 aliphatic rings. The number of benzene rings is 4. The maximum Gasteiger partial charge on any atom is 0.415 e. The summed E-state index contributed by atoms with van der Waals surface area (Å²) in [5, 5.41) is 12.7. The van der Waals surface area contributed by atoms with E-state index in [9.17, 15) is 19.6 Å². The molecule has 4 aromatic carbocycles. The van der Waals surface area contributed by atoms with Crippen molar-refractivity contribution in [3.05, 3.63) is 126 Å². The fraction of sp³-hybridized carbons (Fsp3) is 0.326. The van der Waals surface area contributed by atoms with Crippen molar-refractivity contribution in [2.24, 2.45) is 0 Å². The van der Waals surface area contributed by atoms with Crippen molar-refractivity contribution in [1.29, 1.82) is 5.26 Å². The Morgan fingerprint density at radius 1 is 0.945 bits per heavy atom. The number of nitrogens with zero attached hydrogens (tertiary/aromatic N) is 5. The lowest BCUT2D eigenvalue weighted by atomic mass is 10.0. The number of carbonyl (C=O) groups is 3. The molecule has 1 saturated heterocycles. The molecule has 0 bridgehead atoms. The van der Waals surface area contributed by atoms with Crippen LogP contribution in [-0.2, 0) is 27.4 Å². The van der Waals surface area contributed by atoms with Crippen molar-refractivity contribution < 1.29 is 28.6 Å². The Bertz CT molecular complexity index is 2130. The summed E-state index contributed by atoms with van der Waals surface area (Å²) >= 11 is 0. The Balaban J connectivity index is 1.31. The molecule has 1 atom stereocenters. The number of ether oxygens (including phenoxy) is 3. The van der Waals surface area contributed by atoms with Gasteiger partial charge in [-0.25, -0.2) is 14.6 Å². The summed E-state index contributed by atoms with van der Waals surface area (Å²) in [4.78, 5) is 48.6. The number of hydrogen-bond donors (Lipinski definition) is 1. The number of amides is 3. The molecule has 0 saturated carbocycles. The maximum absolute atomic E-state index is 14.1. The van der Waals surface area contributed by atoms with Gasteiger partial charge in [-0.3, -0.25) is 9.69 Å². The molecule has 1 N–H and O–H groups in total. The van der Waals surface area contributed by atoms with Gasteiger partial charge in [-0.05, 0) is 81.3 Å². The normalized spacial score (nSPS) is 13.8. The number of rotatable bonds is 11. The number of hydrogen-bond acceptors (Lipinski definition) is 8. The molecule has 0 spiro atoms. The molecule has 0 unspecified atom stereocenters. The summed E-state index contributed by atoms with van der Waals surface area (Å²) in [6.07, 6.45) is 0.263. The van der Waals surface area contributed by atoms with Crippen LogP contribution in [0.1, 0.15) is 69.1 Å². The second-order valence-electron chi connectivity index (χ2n) is 14.3. The van der Waals surface area contributed by atoms with Crippen LogP contribution in [0, 0.1) is 11.3 Å². The van der Waals surface area contributed by atoms with Gasteiger partial charge in [0.15, 0.2) is 0 Å². The van der Waals surface area contributed by atoms with Crippen molar-refractivity contribution in [1.82, 2.24) is 19.8 Å². The smallest absolute Gasteiger partial charge is 0.415 e. The van der Waals surface area contributed by atoms with E-state index < -0.39 is 17.7 Å². The highest BCUT2D eigenvalue weighted by Gasteiger charge is 2.31. The van der Waals surface area contributed by atoms with Crippen LogP contribution in [0.5, 0.6) is 5.75 Å². The predicted octanol–water partition coefficient (Wildman–Crippen LogP) is 7.76. The fourth-order valence-electron chi connectivity index (χ4n) is 6.52. The first-order valence-corrected chi connectivity index (χ1v) is 18.5. The minimum atomic E-state index is -0.825. The van der Waals surface area contributed by atoms with E-state index in [0.29, 0.717) is 66.3 Å². The summed E-state index contributed by atoms with van der Waals surface area (Å²) in [6, 6.07) is 32.5. The molecule has 0 radical (unpaired) electrons. The number of likely N-dealkylation sites (tertiary alicyclic amines) is 1. The third-order valence-electron chi connectivity index (χ3n) is 9.13. The monoisotopic (exact) mass is 742 g/mol. The number of anilines is 1. The average molecular weight is 743 g/mol. The van der Waals surface area contributed by atoms with Gasteiger partial charge >= 0.3 is 12.2 Å². The third kappa shape index (κ3) is 9.61. The molecule has 1 fully saturated rings. The summed E-state index contributed by atoms with van der Waals surface area (Å²) in [6.45, 7) is 8.86. The van der Waals surface area contributed by atoms with E-state index in [1.165, 1.54) is 4.90 Å². The van der Waals surface area contributed by atoms with Crippen molar-refractivity contribution in [2.75, 3.05) is 24.5 Å². The van der Waals surface area contributed by atoms with Gasteiger partial charge in [0, 0.05) is 38.2 Å². The van der Waals surface area contributed by atoms with Crippen molar-refractivity contribution in [2.45, 2.75) is 71.4 Å². The van der Waals surface area contributed by atoms with Crippen LogP contribution in [0.4, 0.5) is 15.3 Å². The molecule has 2 heterocycles. The SMILES string of the molecule is CCNC(=O)[C@H](c1ccccc1)n1c(CN(C(=O)OCc2ccccc2)c2ccc(OC3CCN(C(=O)OC(C)(C)C)CC3)cc2)nc2cc(C#N)ccc21. The summed E-state index contributed by atoms with van der Waals surface area (Å²) in [7, 11) is 0. The zero-order valence-corrected chi connectivity index (χ0v) is 31.6. The van der Waals surface area contributed by atoms with Crippen molar-refractivity contribution >= 4 is 34.8 Å². The molecule has 3 amide bonds. The highest BCUT2D eigenvalue weighted by molar-refractivity contribution is 5.89. The van der Waals surface area contributed by atoms with Gasteiger partial charge in [0.25, 0.3) is 0 Å². The fourth-order valence-corrected chi connectivity index (χ4v) is 6.52. The van der Waals surface area contributed by atoms with E-state index in [2.05, 4.69) is 11.4 Å². The van der Waals surface area contributed by atoms with Crippen LogP contribution in [0.25, 0.3) is 11.0 Å². The summed E-state index contributed by atoms with van der Waals surface area (Å²) in [5.74, 6) is 0.794. The van der Waals surface area contributed by atoms with Crippen LogP contribution < -0.4 is 15.0 Å². The highest BCUT2D eigenvalue weighted by Crippen LogP contribution is 2.31. The van der Waals surface area contributed by atoms with E-state index in [4.69, 9.17) is 19.2 Å². The molecule has 0 aliphatic carbocycles. The number of likely N-dealkylation sites (N-methyl/N-ethyl adjacent to an activating group) is 1. The van der Waals surface area contributed by atoms with Crippen LogP contribution in [-0.4, -0.2) is 63.9 Å². The first-order valence-electron chi connectivity index (χ1n) is 18.5. The lowest BCUT2D eigenvalue weighted by molar-refractivity contribution is -0.123. The zero-order valence-electron chi connectivity index (χ0n) is 31.6. The molecule has 55 heavy (non-hydrogen) atoms. The Labute approximate surface area is 321 Å². The largest absolute Gasteiger partial charge is 0.490 e. The molecule has 6 rings (SSSR count). The van der Waals surface area contributed by atoms with Gasteiger partial charge in [-0.2, -0.15) is 5.26 Å². The third-order valence-corrected chi connectivity index (χ3v) is 9.13. The number of imidazole rings is 1. The Morgan fingerprint density at radius 3 is 2.25 bits per heavy atom. The number of fused-ring (bicyclic) bond motifs is 1. The molecular weight excluding hydrogens is 697 g/mol. The lowest BCUT2D eigenvalue weighted by Gasteiger charge is -2.33. The number of aromatic nitrogens is 2. The minimum absolute atomic E-state index is 0.0485. The quantitative estimate of drug-likeness (QED) is 0.145. The van der Waals surface area contributed by atoms with E-state index in [1.54, 1.807) is 47.4 Å². The van der Waals surface area contributed by atoms with Crippen LogP contribution in [0.3, 0.4) is 0 Å². The van der Waals surface area contributed by atoms with Crippen molar-refractivity contribution in [3.8, 4) is 11.8 Å². The van der Waals surface area contributed by atoms with Gasteiger partial charge in [-0.1, -0.05) is 60.7 Å². The van der Waals surface area contributed by atoms with Crippen LogP contribution in [0.15, 0.2) is 103 Å². The molecule has 284 valence electrons. The van der Waals surface area contributed by atoms with E-state index >= 15 is 0 Å². The Hall–Kier alpha value is -6.35. The first-order chi connectivity index (χ1) is 26.5. The minimum Gasteiger partial charge on any atom is -0.490 e. The lowest BCUT2D eigenvalue weighted by Crippen LogP contribution is -2.44. The van der Waals surface area contributed by atoms with E-state index in [1.807, 2.05) is 92.9 Å². The number of nitrogens with one attached hydrogen (secondary N) is 1. The van der Waals surface area contributed by atoms with E-state index in [-0.39, 0.29) is 31.3 Å². The average Bonchev–Trinajstić information content (AvgIpc) is 3.53. The summed E-state index contributed by atoms with van der Waals surface area (Å²) in [5.41, 5.74) is 3.09. The molecule has 1 aromatic heterocycles. The van der Waals surface area contributed by atoms with Gasteiger partial charge in [0.2, 0.25) is 5.91 Å². The second-order valence-corrected chi connectivity index (χ2v) is 14.3. The second kappa shape index (κ2) is 17.2. The molecular formula is C43H46N6O6. The maximum atomic E-state index is 14.1. The van der Waals surface area contributed by atoms with E-state index in [0.717, 1.165) is 11.1 Å². The predicted molar refractivity (Wildman–Crippen MR) is 208 cm³/mol. The highest BCUT2D eigenvalue weighted by atomic mass is 16.6. The van der Waals surface area contributed by atoms with Gasteiger partial charge in [0.05, 0.1) is 29.2 Å².